The van der Waals surface area contributed by atoms with Gasteiger partial charge in [0.25, 0.3) is 0 Å². The summed E-state index contributed by atoms with van der Waals surface area (Å²) >= 11 is 1.59. The van der Waals surface area contributed by atoms with E-state index in [2.05, 4.69) is 29.2 Å². The van der Waals surface area contributed by atoms with Gasteiger partial charge in [0.1, 0.15) is 0 Å². The molecule has 1 aromatic heterocycles. The molecule has 0 saturated heterocycles. The van der Waals surface area contributed by atoms with Crippen LogP contribution in [0.2, 0.25) is 0 Å². The topological polar surface area (TPSA) is 20.3 Å². The first kappa shape index (κ1) is 12.6. The fraction of sp³-hybridized carbons (Fsp3) is 0.312. The molecular weight excluding hydrogens is 254 g/mol. The van der Waals surface area contributed by atoms with Crippen molar-refractivity contribution >= 4 is 17.1 Å². The third kappa shape index (κ3) is 2.77. The summed E-state index contributed by atoms with van der Waals surface area (Å²) < 4.78 is 0. The van der Waals surface area contributed by atoms with Crippen molar-refractivity contribution in [1.29, 1.82) is 0 Å². The number of Topliss-reactive ketones (excluding diaryl/α,β-unsaturated/α-hetero) is 1. The van der Waals surface area contributed by atoms with Crippen LogP contribution in [-0.2, 0) is 13.0 Å². The largest absolute Gasteiger partial charge is 0.292 e. The normalized spacial score (nSPS) is 15.2. The third-order valence-electron chi connectivity index (χ3n) is 3.59. The summed E-state index contributed by atoms with van der Waals surface area (Å²) in [4.78, 5) is 16.5. The molecule has 1 aliphatic heterocycles. The first-order valence-corrected chi connectivity index (χ1v) is 7.43. The number of hydrogen-bond donors (Lipinski definition) is 0. The van der Waals surface area contributed by atoms with E-state index in [1.807, 2.05) is 19.1 Å². The molecule has 2 aromatic rings. The van der Waals surface area contributed by atoms with E-state index in [9.17, 15) is 4.79 Å². The second kappa shape index (κ2) is 5.27. The number of fused-ring (bicyclic) bond motifs is 1. The molecule has 2 heterocycles. The molecule has 3 rings (SSSR count). The maximum absolute atomic E-state index is 12.2. The van der Waals surface area contributed by atoms with E-state index < -0.39 is 0 Å². The van der Waals surface area contributed by atoms with Crippen LogP contribution in [-0.4, -0.2) is 23.8 Å². The molecule has 0 amide bonds. The standard InChI is InChI=1S/C16H17NOS/c1-12-6-7-16(19-12)15(18)11-17-9-8-13-4-2-3-5-14(13)10-17/h2-7H,8-11H2,1H3. The maximum Gasteiger partial charge on any atom is 0.186 e. The minimum Gasteiger partial charge on any atom is -0.292 e. The molecular formula is C16H17NOS. The van der Waals surface area contributed by atoms with Gasteiger partial charge in [-0.1, -0.05) is 24.3 Å². The Labute approximate surface area is 117 Å². The van der Waals surface area contributed by atoms with Gasteiger partial charge in [-0.15, -0.1) is 11.3 Å². The number of aryl methyl sites for hydroxylation is 1. The molecule has 0 saturated carbocycles. The molecule has 19 heavy (non-hydrogen) atoms. The number of nitrogens with zero attached hydrogens (tertiary/aromatic N) is 1. The monoisotopic (exact) mass is 271 g/mol. The maximum atomic E-state index is 12.2. The van der Waals surface area contributed by atoms with Crippen molar-refractivity contribution in [2.45, 2.75) is 19.9 Å². The van der Waals surface area contributed by atoms with Crippen molar-refractivity contribution < 1.29 is 4.79 Å². The highest BCUT2D eigenvalue weighted by atomic mass is 32.1. The van der Waals surface area contributed by atoms with Gasteiger partial charge in [0, 0.05) is 18.0 Å². The number of carbonyl (C=O) groups excluding carboxylic acids is 1. The molecule has 0 atom stereocenters. The Kier molecular flexibility index (Phi) is 3.49. The molecule has 0 aliphatic carbocycles. The van der Waals surface area contributed by atoms with Crippen LogP contribution in [0.1, 0.15) is 25.7 Å². The van der Waals surface area contributed by atoms with Crippen molar-refractivity contribution in [3.05, 3.63) is 57.3 Å². The fourth-order valence-corrected chi connectivity index (χ4v) is 3.35. The highest BCUT2D eigenvalue weighted by Gasteiger charge is 2.19. The zero-order valence-electron chi connectivity index (χ0n) is 11.1. The summed E-state index contributed by atoms with van der Waals surface area (Å²) in [5.41, 5.74) is 2.79. The lowest BCUT2D eigenvalue weighted by molar-refractivity contribution is 0.0925. The molecule has 0 bridgehead atoms. The minimum absolute atomic E-state index is 0.248. The molecule has 0 N–H and O–H groups in total. The smallest absolute Gasteiger partial charge is 0.186 e. The van der Waals surface area contributed by atoms with Crippen molar-refractivity contribution in [2.24, 2.45) is 0 Å². The average molecular weight is 271 g/mol. The Balaban J connectivity index is 1.68. The molecule has 1 aromatic carbocycles. The SMILES string of the molecule is Cc1ccc(C(=O)CN2CCc3ccccc3C2)s1. The molecule has 0 spiro atoms. The molecule has 1 aliphatic rings. The summed E-state index contributed by atoms with van der Waals surface area (Å²) in [6, 6.07) is 12.5. The van der Waals surface area contributed by atoms with Gasteiger partial charge in [-0.25, -0.2) is 0 Å². The summed E-state index contributed by atoms with van der Waals surface area (Å²) in [5.74, 6) is 0.248. The highest BCUT2D eigenvalue weighted by Crippen LogP contribution is 2.20. The number of thiophene rings is 1. The van der Waals surface area contributed by atoms with Gasteiger partial charge in [-0.2, -0.15) is 0 Å². The molecule has 2 nitrogen and oxygen atoms in total. The van der Waals surface area contributed by atoms with E-state index in [4.69, 9.17) is 0 Å². The Morgan fingerprint density at radius 1 is 1.21 bits per heavy atom. The predicted molar refractivity (Wildman–Crippen MR) is 78.8 cm³/mol. The van der Waals surface area contributed by atoms with Gasteiger partial charge < -0.3 is 0 Å². The Morgan fingerprint density at radius 2 is 2.00 bits per heavy atom. The van der Waals surface area contributed by atoms with Gasteiger partial charge in [-0.05, 0) is 36.6 Å². The van der Waals surface area contributed by atoms with Gasteiger partial charge >= 0.3 is 0 Å². The van der Waals surface area contributed by atoms with Crippen LogP contribution in [0.15, 0.2) is 36.4 Å². The van der Waals surface area contributed by atoms with E-state index >= 15 is 0 Å². The van der Waals surface area contributed by atoms with Crippen LogP contribution < -0.4 is 0 Å². The zero-order chi connectivity index (χ0) is 13.2. The molecule has 3 heteroatoms. The number of ketones is 1. The average Bonchev–Trinajstić information content (AvgIpc) is 2.85. The van der Waals surface area contributed by atoms with E-state index in [-0.39, 0.29) is 5.78 Å². The number of carbonyl (C=O) groups is 1. The van der Waals surface area contributed by atoms with Crippen LogP contribution in [0, 0.1) is 6.92 Å². The first-order valence-electron chi connectivity index (χ1n) is 6.61. The van der Waals surface area contributed by atoms with E-state index in [0.717, 1.165) is 24.4 Å². The minimum atomic E-state index is 0.248. The quantitative estimate of drug-likeness (QED) is 0.798. The van der Waals surface area contributed by atoms with Crippen molar-refractivity contribution in [2.75, 3.05) is 13.1 Å². The lowest BCUT2D eigenvalue weighted by Crippen LogP contribution is -2.34. The summed E-state index contributed by atoms with van der Waals surface area (Å²) in [6.07, 6.45) is 1.05. The van der Waals surface area contributed by atoms with E-state index in [1.165, 1.54) is 16.0 Å². The predicted octanol–water partition coefficient (Wildman–Crippen LogP) is 3.30. The van der Waals surface area contributed by atoms with E-state index in [1.54, 1.807) is 11.3 Å². The number of benzene rings is 1. The van der Waals surface area contributed by atoms with E-state index in [0.29, 0.717) is 6.54 Å². The van der Waals surface area contributed by atoms with Crippen molar-refractivity contribution in [3.8, 4) is 0 Å². The van der Waals surface area contributed by atoms with Crippen LogP contribution >= 0.6 is 11.3 Å². The Hall–Kier alpha value is -1.45. The lowest BCUT2D eigenvalue weighted by Gasteiger charge is -2.27. The van der Waals surface area contributed by atoms with Crippen LogP contribution in [0.25, 0.3) is 0 Å². The number of rotatable bonds is 3. The molecule has 0 unspecified atom stereocenters. The summed E-state index contributed by atoms with van der Waals surface area (Å²) in [6.45, 7) is 4.45. The van der Waals surface area contributed by atoms with Gasteiger partial charge in [0.2, 0.25) is 0 Å². The van der Waals surface area contributed by atoms with Gasteiger partial charge in [0.05, 0.1) is 11.4 Å². The van der Waals surface area contributed by atoms with Crippen LogP contribution in [0.3, 0.4) is 0 Å². The molecule has 98 valence electrons. The second-order valence-electron chi connectivity index (χ2n) is 5.06. The first-order chi connectivity index (χ1) is 9.22. The molecule has 0 radical (unpaired) electrons. The summed E-state index contributed by atoms with van der Waals surface area (Å²) in [7, 11) is 0. The van der Waals surface area contributed by atoms with Gasteiger partial charge in [0.15, 0.2) is 5.78 Å². The van der Waals surface area contributed by atoms with Crippen LogP contribution in [0.4, 0.5) is 0 Å². The van der Waals surface area contributed by atoms with Crippen molar-refractivity contribution in [1.82, 2.24) is 4.90 Å². The Bertz CT molecular complexity index is 602. The Morgan fingerprint density at radius 3 is 2.74 bits per heavy atom. The summed E-state index contributed by atoms with van der Waals surface area (Å²) in [5, 5.41) is 0. The van der Waals surface area contributed by atoms with Gasteiger partial charge in [-0.3, -0.25) is 9.69 Å². The van der Waals surface area contributed by atoms with Crippen molar-refractivity contribution in [3.63, 3.8) is 0 Å². The fourth-order valence-electron chi connectivity index (χ4n) is 2.55. The number of hydrogen-bond acceptors (Lipinski definition) is 3. The molecule has 0 fully saturated rings. The highest BCUT2D eigenvalue weighted by molar-refractivity contribution is 7.14. The second-order valence-corrected chi connectivity index (χ2v) is 6.35. The lowest BCUT2D eigenvalue weighted by atomic mass is 10.00. The zero-order valence-corrected chi connectivity index (χ0v) is 11.9. The third-order valence-corrected chi connectivity index (χ3v) is 4.63. The van der Waals surface area contributed by atoms with Crippen LogP contribution in [0.5, 0.6) is 0 Å².